The van der Waals surface area contributed by atoms with Gasteiger partial charge in [0.25, 0.3) is 0 Å². The number of amides is 2. The van der Waals surface area contributed by atoms with E-state index in [0.717, 1.165) is 16.9 Å². The van der Waals surface area contributed by atoms with Crippen LogP contribution in [0.15, 0.2) is 72.8 Å². The van der Waals surface area contributed by atoms with Crippen molar-refractivity contribution >= 4 is 35.2 Å². The number of hydrogen-bond acceptors (Lipinski definition) is 3. The lowest BCUT2D eigenvalue weighted by atomic mass is 10.0. The van der Waals surface area contributed by atoms with Crippen molar-refractivity contribution in [2.45, 2.75) is 38.6 Å². The Morgan fingerprint density at radius 2 is 1.59 bits per heavy atom. The molecule has 0 aliphatic carbocycles. The number of rotatable bonds is 10. The molecule has 0 fully saturated rings. The molecule has 0 aliphatic heterocycles. The maximum Gasteiger partial charge on any atom is 0.242 e. The lowest BCUT2D eigenvalue weighted by Crippen LogP contribution is -2.50. The Hall–Kier alpha value is -2.76. The normalized spacial score (nSPS) is 11.6. The average molecular weight is 495 g/mol. The minimum atomic E-state index is -0.624. The molecule has 1 N–H and O–H groups in total. The summed E-state index contributed by atoms with van der Waals surface area (Å²) in [7, 11) is 1.61. The largest absolute Gasteiger partial charge is 0.357 e. The summed E-state index contributed by atoms with van der Waals surface area (Å²) in [5.74, 6) is 0.774. The molecule has 0 saturated carbocycles. The van der Waals surface area contributed by atoms with E-state index >= 15 is 0 Å². The van der Waals surface area contributed by atoms with Crippen molar-refractivity contribution in [1.29, 1.82) is 0 Å². The molecule has 3 aromatic carbocycles. The standard InChI is InChI=1S/C28H31ClN2O2S/c1-20-12-21(2)14-24(13-20)18-34-19-27(32)31(17-23-10-7-11-25(29)15-23)26(28(33)30-3)16-22-8-5-4-6-9-22/h4-15,26H,16-19H2,1-3H3,(H,30,33)/t26-/m1/s1. The summed E-state index contributed by atoms with van der Waals surface area (Å²) in [4.78, 5) is 28.1. The van der Waals surface area contributed by atoms with Gasteiger partial charge in [-0.05, 0) is 42.7 Å². The molecule has 34 heavy (non-hydrogen) atoms. The molecule has 0 unspecified atom stereocenters. The number of hydrogen-bond donors (Lipinski definition) is 1. The van der Waals surface area contributed by atoms with Crippen molar-refractivity contribution in [3.63, 3.8) is 0 Å². The monoisotopic (exact) mass is 494 g/mol. The van der Waals surface area contributed by atoms with Gasteiger partial charge in [-0.1, -0.05) is 83.4 Å². The highest BCUT2D eigenvalue weighted by molar-refractivity contribution is 7.99. The van der Waals surface area contributed by atoms with E-state index in [1.165, 1.54) is 16.7 Å². The summed E-state index contributed by atoms with van der Waals surface area (Å²) in [5, 5.41) is 3.35. The zero-order valence-corrected chi connectivity index (χ0v) is 21.5. The third kappa shape index (κ3) is 7.64. The summed E-state index contributed by atoms with van der Waals surface area (Å²) in [5.41, 5.74) is 5.52. The number of carbonyl (C=O) groups excluding carboxylic acids is 2. The summed E-state index contributed by atoms with van der Waals surface area (Å²) in [6.45, 7) is 4.47. The van der Waals surface area contributed by atoms with Crippen LogP contribution >= 0.6 is 23.4 Å². The molecule has 0 spiro atoms. The molecular formula is C28H31ClN2O2S. The molecule has 6 heteroatoms. The zero-order valence-electron chi connectivity index (χ0n) is 19.9. The molecule has 0 radical (unpaired) electrons. The van der Waals surface area contributed by atoms with Crippen molar-refractivity contribution in [1.82, 2.24) is 10.2 Å². The van der Waals surface area contributed by atoms with E-state index in [1.807, 2.05) is 48.5 Å². The van der Waals surface area contributed by atoms with E-state index in [2.05, 4.69) is 37.4 Å². The van der Waals surface area contributed by atoms with E-state index in [0.29, 0.717) is 18.0 Å². The molecule has 0 aliphatic rings. The quantitative estimate of drug-likeness (QED) is 0.400. The van der Waals surface area contributed by atoms with Crippen LogP contribution in [-0.2, 0) is 28.3 Å². The number of nitrogens with zero attached hydrogens (tertiary/aromatic N) is 1. The lowest BCUT2D eigenvalue weighted by Gasteiger charge is -2.31. The molecule has 0 heterocycles. The summed E-state index contributed by atoms with van der Waals surface area (Å²) in [6, 6.07) is 23.0. The van der Waals surface area contributed by atoms with Crippen molar-refractivity contribution in [3.8, 4) is 0 Å². The summed E-state index contributed by atoms with van der Waals surface area (Å²) < 4.78 is 0. The lowest BCUT2D eigenvalue weighted by molar-refractivity contribution is -0.139. The van der Waals surface area contributed by atoms with Gasteiger partial charge in [-0.15, -0.1) is 11.8 Å². The van der Waals surface area contributed by atoms with Gasteiger partial charge in [0.15, 0.2) is 0 Å². The van der Waals surface area contributed by atoms with Crippen LogP contribution in [0.2, 0.25) is 5.02 Å². The van der Waals surface area contributed by atoms with Gasteiger partial charge in [0, 0.05) is 30.8 Å². The second-order valence-electron chi connectivity index (χ2n) is 8.46. The number of nitrogens with one attached hydrogen (secondary N) is 1. The van der Waals surface area contributed by atoms with Crippen LogP contribution in [0.3, 0.4) is 0 Å². The molecule has 0 saturated heterocycles. The first-order valence-electron chi connectivity index (χ1n) is 11.3. The third-order valence-electron chi connectivity index (χ3n) is 5.54. The Labute approximate surface area is 211 Å². The molecule has 2 amide bonds. The van der Waals surface area contributed by atoms with Crippen LogP contribution in [0.1, 0.15) is 27.8 Å². The predicted molar refractivity (Wildman–Crippen MR) is 142 cm³/mol. The molecule has 3 rings (SSSR count). The fourth-order valence-electron chi connectivity index (χ4n) is 4.04. The minimum absolute atomic E-state index is 0.0705. The SMILES string of the molecule is CNC(=O)[C@@H](Cc1ccccc1)N(Cc1cccc(Cl)c1)C(=O)CSCc1cc(C)cc(C)c1. The van der Waals surface area contributed by atoms with Crippen LogP contribution in [0.25, 0.3) is 0 Å². The predicted octanol–water partition coefficient (Wildman–Crippen LogP) is 5.58. The zero-order chi connectivity index (χ0) is 24.5. The third-order valence-corrected chi connectivity index (χ3v) is 6.76. The van der Waals surface area contributed by atoms with Crippen molar-refractivity contribution in [2.24, 2.45) is 0 Å². The molecule has 178 valence electrons. The van der Waals surface area contributed by atoms with Gasteiger partial charge in [0.1, 0.15) is 6.04 Å². The molecule has 0 aromatic heterocycles. The number of carbonyl (C=O) groups is 2. The maximum atomic E-state index is 13.5. The topological polar surface area (TPSA) is 49.4 Å². The van der Waals surface area contributed by atoms with Crippen LogP contribution in [0.5, 0.6) is 0 Å². The first kappa shape index (κ1) is 25.9. The highest BCUT2D eigenvalue weighted by Gasteiger charge is 2.29. The van der Waals surface area contributed by atoms with Gasteiger partial charge in [-0.2, -0.15) is 0 Å². The van der Waals surface area contributed by atoms with Gasteiger partial charge >= 0.3 is 0 Å². The smallest absolute Gasteiger partial charge is 0.242 e. The van der Waals surface area contributed by atoms with Crippen LogP contribution in [0.4, 0.5) is 0 Å². The van der Waals surface area contributed by atoms with Crippen molar-refractivity contribution < 1.29 is 9.59 Å². The van der Waals surface area contributed by atoms with Gasteiger partial charge < -0.3 is 10.2 Å². The van der Waals surface area contributed by atoms with Crippen LogP contribution in [-0.4, -0.2) is 35.6 Å². The van der Waals surface area contributed by atoms with Gasteiger partial charge in [-0.25, -0.2) is 0 Å². The summed E-state index contributed by atoms with van der Waals surface area (Å²) in [6.07, 6.45) is 0.439. The molecule has 4 nitrogen and oxygen atoms in total. The second-order valence-corrected chi connectivity index (χ2v) is 9.88. The number of benzene rings is 3. The Kier molecular flexibility index (Phi) is 9.61. The fourth-order valence-corrected chi connectivity index (χ4v) is 5.10. The number of aryl methyl sites for hydroxylation is 2. The van der Waals surface area contributed by atoms with Crippen molar-refractivity contribution in [2.75, 3.05) is 12.8 Å². The Balaban J connectivity index is 1.81. The molecule has 1 atom stereocenters. The number of likely N-dealkylation sites (N-methyl/N-ethyl adjacent to an activating group) is 1. The number of halogens is 1. The first-order valence-corrected chi connectivity index (χ1v) is 12.8. The van der Waals surface area contributed by atoms with Crippen molar-refractivity contribution in [3.05, 3.63) is 106 Å². The average Bonchev–Trinajstić information content (AvgIpc) is 2.81. The maximum absolute atomic E-state index is 13.5. The molecule has 0 bridgehead atoms. The Morgan fingerprint density at radius 1 is 0.912 bits per heavy atom. The second kappa shape index (κ2) is 12.6. The molecule has 3 aromatic rings. The molecular weight excluding hydrogens is 464 g/mol. The fraction of sp³-hybridized carbons (Fsp3) is 0.286. The van der Waals surface area contributed by atoms with E-state index < -0.39 is 6.04 Å². The number of thioether (sulfide) groups is 1. The minimum Gasteiger partial charge on any atom is -0.357 e. The first-order chi connectivity index (χ1) is 16.4. The van der Waals surface area contributed by atoms with E-state index in [1.54, 1.807) is 29.8 Å². The van der Waals surface area contributed by atoms with E-state index in [4.69, 9.17) is 11.6 Å². The Morgan fingerprint density at radius 3 is 2.24 bits per heavy atom. The van der Waals surface area contributed by atoms with Gasteiger partial charge in [0.05, 0.1) is 5.75 Å². The van der Waals surface area contributed by atoms with E-state index in [-0.39, 0.29) is 17.6 Å². The van der Waals surface area contributed by atoms with E-state index in [9.17, 15) is 9.59 Å². The van der Waals surface area contributed by atoms with Crippen LogP contribution in [0, 0.1) is 13.8 Å². The summed E-state index contributed by atoms with van der Waals surface area (Å²) >= 11 is 7.77. The van der Waals surface area contributed by atoms with Gasteiger partial charge in [0.2, 0.25) is 11.8 Å². The Bertz CT molecular complexity index is 1100. The highest BCUT2D eigenvalue weighted by Crippen LogP contribution is 2.21. The van der Waals surface area contributed by atoms with Gasteiger partial charge in [-0.3, -0.25) is 9.59 Å². The highest BCUT2D eigenvalue weighted by atomic mass is 35.5. The van der Waals surface area contributed by atoms with Crippen LogP contribution < -0.4 is 5.32 Å².